The predicted octanol–water partition coefficient (Wildman–Crippen LogP) is 1.83. The number of ether oxygens (including phenoxy) is 2. The first-order chi connectivity index (χ1) is 10.3. The van der Waals surface area contributed by atoms with E-state index in [9.17, 15) is 4.79 Å². The van der Waals surface area contributed by atoms with Crippen molar-refractivity contribution in [2.75, 3.05) is 19.9 Å². The molecule has 0 spiro atoms. The van der Waals surface area contributed by atoms with Gasteiger partial charge in [0.15, 0.2) is 11.5 Å². The molecular formula is C16H20N2O3. The Morgan fingerprint density at radius 3 is 2.95 bits per heavy atom. The lowest BCUT2D eigenvalue weighted by molar-refractivity contribution is -0.122. The third kappa shape index (κ3) is 2.70. The van der Waals surface area contributed by atoms with Gasteiger partial charge in [-0.3, -0.25) is 9.69 Å². The zero-order valence-electron chi connectivity index (χ0n) is 12.0. The summed E-state index contributed by atoms with van der Waals surface area (Å²) in [5, 5.41) is 3.07. The molecule has 21 heavy (non-hydrogen) atoms. The van der Waals surface area contributed by atoms with Crippen LogP contribution in [0, 0.1) is 0 Å². The number of amides is 1. The zero-order valence-corrected chi connectivity index (χ0v) is 12.0. The Kier molecular flexibility index (Phi) is 3.22. The molecule has 1 saturated heterocycles. The van der Waals surface area contributed by atoms with E-state index in [0.29, 0.717) is 25.4 Å². The molecule has 1 saturated carbocycles. The second-order valence-corrected chi connectivity index (χ2v) is 6.08. The number of hydrogen-bond donors (Lipinski definition) is 1. The van der Waals surface area contributed by atoms with Gasteiger partial charge in [0.25, 0.3) is 0 Å². The summed E-state index contributed by atoms with van der Waals surface area (Å²) in [7, 11) is 0. The molecule has 2 aliphatic heterocycles. The van der Waals surface area contributed by atoms with Crippen LogP contribution in [-0.4, -0.2) is 36.7 Å². The molecule has 1 aromatic carbocycles. The summed E-state index contributed by atoms with van der Waals surface area (Å²) in [5.41, 5.74) is 1.22. The third-order valence-electron chi connectivity index (χ3n) is 4.43. The minimum atomic E-state index is 0.158. The molecule has 4 rings (SSSR count). The Morgan fingerprint density at radius 1 is 1.24 bits per heavy atom. The average molecular weight is 288 g/mol. The lowest BCUT2D eigenvalue weighted by atomic mass is 10.0. The highest BCUT2D eigenvalue weighted by atomic mass is 16.7. The first kappa shape index (κ1) is 13.0. The monoisotopic (exact) mass is 288 g/mol. The van der Waals surface area contributed by atoms with Gasteiger partial charge >= 0.3 is 0 Å². The summed E-state index contributed by atoms with van der Waals surface area (Å²) in [6, 6.07) is 6.87. The van der Waals surface area contributed by atoms with E-state index in [2.05, 4.69) is 22.3 Å². The van der Waals surface area contributed by atoms with E-state index in [1.165, 1.54) is 5.56 Å². The van der Waals surface area contributed by atoms with E-state index in [-0.39, 0.29) is 5.91 Å². The molecule has 2 fully saturated rings. The molecule has 1 atom stereocenters. The molecule has 1 N–H and O–H groups in total. The van der Waals surface area contributed by atoms with Gasteiger partial charge in [-0.05, 0) is 49.9 Å². The van der Waals surface area contributed by atoms with E-state index in [0.717, 1.165) is 43.7 Å². The topological polar surface area (TPSA) is 50.8 Å². The van der Waals surface area contributed by atoms with Gasteiger partial charge in [0, 0.05) is 12.1 Å². The SMILES string of the molecule is O=C(CN1CCCC1c1ccc2c(c1)OCO2)NC1CC1. The number of hydrogen-bond acceptors (Lipinski definition) is 4. The van der Waals surface area contributed by atoms with E-state index in [1.54, 1.807) is 0 Å². The molecule has 0 bridgehead atoms. The number of carbonyl (C=O) groups excluding carboxylic acids is 1. The highest BCUT2D eigenvalue weighted by Crippen LogP contribution is 2.38. The number of rotatable bonds is 4. The molecule has 0 radical (unpaired) electrons. The summed E-state index contributed by atoms with van der Waals surface area (Å²) in [4.78, 5) is 14.3. The van der Waals surface area contributed by atoms with Gasteiger partial charge in [-0.1, -0.05) is 6.07 Å². The van der Waals surface area contributed by atoms with Gasteiger partial charge in [0.05, 0.1) is 6.54 Å². The van der Waals surface area contributed by atoms with Crippen LogP contribution in [0.1, 0.15) is 37.3 Å². The number of carbonyl (C=O) groups is 1. The van der Waals surface area contributed by atoms with Crippen LogP contribution in [0.2, 0.25) is 0 Å². The Hall–Kier alpha value is -1.75. The van der Waals surface area contributed by atoms with E-state index in [4.69, 9.17) is 9.47 Å². The standard InChI is InChI=1S/C16H20N2O3/c19-16(17-12-4-5-12)9-18-7-1-2-13(18)11-3-6-14-15(8-11)21-10-20-14/h3,6,8,12-13H,1-2,4-5,7,9-10H2,(H,17,19). The fourth-order valence-electron chi connectivity index (χ4n) is 3.20. The van der Waals surface area contributed by atoms with Crippen LogP contribution >= 0.6 is 0 Å². The lowest BCUT2D eigenvalue weighted by Gasteiger charge is -2.24. The Balaban J connectivity index is 1.46. The molecular weight excluding hydrogens is 268 g/mol. The summed E-state index contributed by atoms with van der Waals surface area (Å²) < 4.78 is 10.8. The molecule has 2 heterocycles. The molecule has 0 aromatic heterocycles. The zero-order chi connectivity index (χ0) is 14.2. The van der Waals surface area contributed by atoms with Crippen LogP contribution in [0.3, 0.4) is 0 Å². The fourth-order valence-corrected chi connectivity index (χ4v) is 3.20. The second kappa shape index (κ2) is 5.22. The first-order valence-corrected chi connectivity index (χ1v) is 7.72. The number of nitrogens with one attached hydrogen (secondary N) is 1. The van der Waals surface area contributed by atoms with Crippen LogP contribution in [0.15, 0.2) is 18.2 Å². The lowest BCUT2D eigenvalue weighted by Crippen LogP contribution is -2.37. The highest BCUT2D eigenvalue weighted by Gasteiger charge is 2.30. The van der Waals surface area contributed by atoms with Gasteiger partial charge in [-0.25, -0.2) is 0 Å². The van der Waals surface area contributed by atoms with Crippen LogP contribution in [-0.2, 0) is 4.79 Å². The van der Waals surface area contributed by atoms with Crippen molar-refractivity contribution in [3.05, 3.63) is 23.8 Å². The van der Waals surface area contributed by atoms with Crippen molar-refractivity contribution in [2.45, 2.75) is 37.8 Å². The van der Waals surface area contributed by atoms with E-state index in [1.807, 2.05) is 6.07 Å². The van der Waals surface area contributed by atoms with Crippen molar-refractivity contribution in [2.24, 2.45) is 0 Å². The Labute approximate surface area is 124 Å². The summed E-state index contributed by atoms with van der Waals surface area (Å²) in [5.74, 6) is 1.79. The molecule has 5 nitrogen and oxygen atoms in total. The first-order valence-electron chi connectivity index (χ1n) is 7.72. The maximum atomic E-state index is 12.0. The smallest absolute Gasteiger partial charge is 0.234 e. The quantitative estimate of drug-likeness (QED) is 0.918. The van der Waals surface area contributed by atoms with Gasteiger partial charge in [0.2, 0.25) is 12.7 Å². The molecule has 3 aliphatic rings. The normalized spacial score (nSPS) is 24.3. The van der Waals surface area contributed by atoms with E-state index >= 15 is 0 Å². The molecule has 5 heteroatoms. The molecule has 1 aliphatic carbocycles. The largest absolute Gasteiger partial charge is 0.454 e. The predicted molar refractivity (Wildman–Crippen MR) is 77.3 cm³/mol. The Bertz CT molecular complexity index is 556. The maximum absolute atomic E-state index is 12.0. The minimum Gasteiger partial charge on any atom is -0.454 e. The average Bonchev–Trinajstić information content (AvgIpc) is 3.00. The van der Waals surface area contributed by atoms with Crippen molar-refractivity contribution >= 4 is 5.91 Å². The van der Waals surface area contributed by atoms with Gasteiger partial charge in [-0.2, -0.15) is 0 Å². The maximum Gasteiger partial charge on any atom is 0.234 e. The van der Waals surface area contributed by atoms with Crippen LogP contribution in [0.25, 0.3) is 0 Å². The van der Waals surface area contributed by atoms with Gasteiger partial charge in [-0.15, -0.1) is 0 Å². The fraction of sp³-hybridized carbons (Fsp3) is 0.562. The van der Waals surface area contributed by atoms with E-state index < -0.39 is 0 Å². The number of benzene rings is 1. The third-order valence-corrected chi connectivity index (χ3v) is 4.43. The van der Waals surface area contributed by atoms with Crippen molar-refractivity contribution < 1.29 is 14.3 Å². The van der Waals surface area contributed by atoms with Crippen molar-refractivity contribution in [1.29, 1.82) is 0 Å². The van der Waals surface area contributed by atoms with Crippen molar-refractivity contribution in [1.82, 2.24) is 10.2 Å². The van der Waals surface area contributed by atoms with Crippen LogP contribution in [0.4, 0.5) is 0 Å². The Morgan fingerprint density at radius 2 is 2.10 bits per heavy atom. The molecule has 1 amide bonds. The number of fused-ring (bicyclic) bond motifs is 1. The van der Waals surface area contributed by atoms with Gasteiger partial charge < -0.3 is 14.8 Å². The summed E-state index contributed by atoms with van der Waals surface area (Å²) in [6.07, 6.45) is 4.50. The molecule has 1 aromatic rings. The van der Waals surface area contributed by atoms with Gasteiger partial charge in [0.1, 0.15) is 0 Å². The molecule has 1 unspecified atom stereocenters. The summed E-state index contributed by atoms with van der Waals surface area (Å²) in [6.45, 7) is 1.78. The van der Waals surface area contributed by atoms with Crippen LogP contribution < -0.4 is 14.8 Å². The highest BCUT2D eigenvalue weighted by molar-refractivity contribution is 5.78. The van der Waals surface area contributed by atoms with Crippen molar-refractivity contribution in [3.63, 3.8) is 0 Å². The number of likely N-dealkylation sites (tertiary alicyclic amines) is 1. The molecule has 112 valence electrons. The van der Waals surface area contributed by atoms with Crippen molar-refractivity contribution in [3.8, 4) is 11.5 Å². The second-order valence-electron chi connectivity index (χ2n) is 6.08. The number of nitrogens with zero attached hydrogens (tertiary/aromatic N) is 1. The van der Waals surface area contributed by atoms with Crippen LogP contribution in [0.5, 0.6) is 11.5 Å². The minimum absolute atomic E-state index is 0.158. The summed E-state index contributed by atoms with van der Waals surface area (Å²) >= 11 is 0.